The molecule has 2 heteroatoms. The zero-order chi connectivity index (χ0) is 13.5. The fraction of sp³-hybridized carbons (Fsp3) is 0.312. The van der Waals surface area contributed by atoms with Crippen LogP contribution >= 0.6 is 0 Å². The molecule has 0 saturated heterocycles. The second kappa shape index (κ2) is 4.03. The Hall–Kier alpha value is -2.01. The molecule has 0 heterocycles. The highest BCUT2D eigenvalue weighted by Crippen LogP contribution is 2.40. The third-order valence-electron chi connectivity index (χ3n) is 3.59. The lowest BCUT2D eigenvalue weighted by atomic mass is 9.72. The number of fused-ring (bicyclic) bond motifs is 1. The highest BCUT2D eigenvalue weighted by molar-refractivity contribution is 6.16. The van der Waals surface area contributed by atoms with Crippen molar-refractivity contribution in [1.82, 2.24) is 0 Å². The van der Waals surface area contributed by atoms with Gasteiger partial charge in [0.25, 0.3) is 0 Å². The van der Waals surface area contributed by atoms with E-state index < -0.39 is 5.97 Å². The predicted molar refractivity (Wildman–Crippen MR) is 72.4 cm³/mol. The van der Waals surface area contributed by atoms with Crippen molar-refractivity contribution in [2.45, 2.75) is 32.6 Å². The van der Waals surface area contributed by atoms with Crippen LogP contribution in [0.2, 0.25) is 0 Å². The zero-order valence-electron chi connectivity index (χ0n) is 10.9. The van der Waals surface area contributed by atoms with E-state index in [1.807, 2.05) is 19.1 Å². The van der Waals surface area contributed by atoms with E-state index in [9.17, 15) is 9.90 Å². The standard InChI is InChI=1S/C16H16O2/c1-5-11-9-14-13(8-10(11)2)12(15(17)18)6-7-16(14,3)4/h1,6,8-9H,7H2,2-4H3,(H,17,18). The second-order valence-corrected chi connectivity index (χ2v) is 5.37. The largest absolute Gasteiger partial charge is 0.478 e. The Morgan fingerprint density at radius 2 is 2.11 bits per heavy atom. The van der Waals surface area contributed by atoms with Crippen molar-refractivity contribution in [3.05, 3.63) is 40.5 Å². The first-order valence-electron chi connectivity index (χ1n) is 5.92. The van der Waals surface area contributed by atoms with Gasteiger partial charge in [-0.3, -0.25) is 0 Å². The van der Waals surface area contributed by atoms with Gasteiger partial charge in [0.2, 0.25) is 0 Å². The van der Waals surface area contributed by atoms with E-state index >= 15 is 0 Å². The molecule has 0 unspecified atom stereocenters. The second-order valence-electron chi connectivity index (χ2n) is 5.37. The van der Waals surface area contributed by atoms with Gasteiger partial charge in [0, 0.05) is 5.56 Å². The molecule has 0 bridgehead atoms. The molecule has 2 nitrogen and oxygen atoms in total. The molecule has 18 heavy (non-hydrogen) atoms. The van der Waals surface area contributed by atoms with Crippen molar-refractivity contribution in [1.29, 1.82) is 0 Å². The summed E-state index contributed by atoms with van der Waals surface area (Å²) in [4.78, 5) is 11.3. The zero-order valence-corrected chi connectivity index (χ0v) is 10.9. The predicted octanol–water partition coefficient (Wildman–Crippen LogP) is 3.13. The van der Waals surface area contributed by atoms with Crippen molar-refractivity contribution >= 4 is 11.5 Å². The molecular weight excluding hydrogens is 224 g/mol. The summed E-state index contributed by atoms with van der Waals surface area (Å²) in [7, 11) is 0. The van der Waals surface area contributed by atoms with Crippen LogP contribution in [0, 0.1) is 19.3 Å². The summed E-state index contributed by atoms with van der Waals surface area (Å²) >= 11 is 0. The Labute approximate surface area is 107 Å². The first-order chi connectivity index (χ1) is 8.36. The van der Waals surface area contributed by atoms with Crippen LogP contribution in [0.15, 0.2) is 18.2 Å². The van der Waals surface area contributed by atoms with Gasteiger partial charge in [-0.15, -0.1) is 6.42 Å². The van der Waals surface area contributed by atoms with E-state index in [1.54, 1.807) is 6.08 Å². The SMILES string of the molecule is C#Cc1cc2c(cc1C)C(C(=O)O)=CCC2(C)C. The quantitative estimate of drug-likeness (QED) is 0.766. The van der Waals surface area contributed by atoms with E-state index in [-0.39, 0.29) is 5.41 Å². The molecule has 0 spiro atoms. The number of benzene rings is 1. The molecule has 1 aliphatic rings. The monoisotopic (exact) mass is 240 g/mol. The van der Waals surface area contributed by atoms with Gasteiger partial charge in [-0.25, -0.2) is 4.79 Å². The maximum atomic E-state index is 11.3. The van der Waals surface area contributed by atoms with Crippen LogP contribution in [0.1, 0.15) is 42.5 Å². The molecule has 92 valence electrons. The maximum Gasteiger partial charge on any atom is 0.335 e. The lowest BCUT2D eigenvalue weighted by molar-refractivity contribution is -0.130. The Kier molecular flexibility index (Phi) is 2.78. The molecule has 0 amide bonds. The number of hydrogen-bond donors (Lipinski definition) is 1. The van der Waals surface area contributed by atoms with Crippen LogP contribution in [-0.2, 0) is 10.2 Å². The van der Waals surface area contributed by atoms with Gasteiger partial charge in [0.05, 0.1) is 5.57 Å². The van der Waals surface area contributed by atoms with Crippen molar-refractivity contribution in [3.8, 4) is 12.3 Å². The van der Waals surface area contributed by atoms with Gasteiger partial charge in [-0.05, 0) is 47.6 Å². The minimum absolute atomic E-state index is 0.0758. The number of rotatable bonds is 1. The smallest absolute Gasteiger partial charge is 0.335 e. The number of carboxylic acid groups (broad SMARTS) is 1. The summed E-state index contributed by atoms with van der Waals surface area (Å²) in [6.07, 6.45) is 8.01. The molecule has 0 saturated carbocycles. The molecule has 1 N–H and O–H groups in total. The summed E-state index contributed by atoms with van der Waals surface area (Å²) in [6.45, 7) is 6.13. The first kappa shape index (κ1) is 12.4. The van der Waals surface area contributed by atoms with Crippen LogP contribution in [-0.4, -0.2) is 11.1 Å². The molecule has 0 aromatic heterocycles. The Morgan fingerprint density at radius 3 is 2.67 bits per heavy atom. The summed E-state index contributed by atoms with van der Waals surface area (Å²) in [6, 6.07) is 3.85. The van der Waals surface area contributed by atoms with E-state index in [2.05, 4.69) is 19.8 Å². The van der Waals surface area contributed by atoms with Crippen LogP contribution in [0.5, 0.6) is 0 Å². The Bertz CT molecular complexity index is 598. The maximum absolute atomic E-state index is 11.3. The van der Waals surface area contributed by atoms with Crippen molar-refractivity contribution in [2.75, 3.05) is 0 Å². The van der Waals surface area contributed by atoms with Crippen LogP contribution in [0.25, 0.3) is 5.57 Å². The van der Waals surface area contributed by atoms with E-state index in [4.69, 9.17) is 6.42 Å². The van der Waals surface area contributed by atoms with Gasteiger partial charge in [0.1, 0.15) is 0 Å². The Morgan fingerprint density at radius 1 is 1.44 bits per heavy atom. The average Bonchev–Trinajstić information content (AvgIpc) is 2.27. The van der Waals surface area contributed by atoms with Gasteiger partial charge in [-0.2, -0.15) is 0 Å². The molecule has 1 aromatic carbocycles. The summed E-state index contributed by atoms with van der Waals surface area (Å²) in [5.74, 6) is 1.78. The average molecular weight is 240 g/mol. The normalized spacial score (nSPS) is 16.4. The number of hydrogen-bond acceptors (Lipinski definition) is 1. The molecule has 2 rings (SSSR count). The van der Waals surface area contributed by atoms with Gasteiger partial charge >= 0.3 is 5.97 Å². The minimum Gasteiger partial charge on any atom is -0.478 e. The minimum atomic E-state index is -0.875. The fourth-order valence-electron chi connectivity index (χ4n) is 2.43. The molecule has 0 aliphatic heterocycles. The van der Waals surface area contributed by atoms with Crippen LogP contribution in [0.3, 0.4) is 0 Å². The third-order valence-corrected chi connectivity index (χ3v) is 3.59. The molecule has 0 fully saturated rings. The molecule has 1 aliphatic carbocycles. The number of carboxylic acids is 1. The summed E-state index contributed by atoms with van der Waals surface area (Å²) < 4.78 is 0. The van der Waals surface area contributed by atoms with Crippen molar-refractivity contribution in [3.63, 3.8) is 0 Å². The molecule has 0 radical (unpaired) electrons. The lowest BCUT2D eigenvalue weighted by Gasteiger charge is -2.31. The number of allylic oxidation sites excluding steroid dienone is 1. The topological polar surface area (TPSA) is 37.3 Å². The van der Waals surface area contributed by atoms with Crippen molar-refractivity contribution in [2.24, 2.45) is 0 Å². The van der Waals surface area contributed by atoms with Gasteiger partial charge in [-0.1, -0.05) is 25.8 Å². The Balaban J connectivity index is 2.75. The third kappa shape index (κ3) is 1.82. The fourth-order valence-corrected chi connectivity index (χ4v) is 2.43. The van der Waals surface area contributed by atoms with E-state index in [0.717, 1.165) is 22.3 Å². The van der Waals surface area contributed by atoms with Crippen LogP contribution in [0.4, 0.5) is 0 Å². The molecule has 1 aromatic rings. The highest BCUT2D eigenvalue weighted by Gasteiger charge is 2.30. The van der Waals surface area contributed by atoms with Gasteiger partial charge < -0.3 is 5.11 Å². The highest BCUT2D eigenvalue weighted by atomic mass is 16.4. The number of aryl methyl sites for hydroxylation is 1. The van der Waals surface area contributed by atoms with Crippen molar-refractivity contribution < 1.29 is 9.90 Å². The van der Waals surface area contributed by atoms with E-state index in [0.29, 0.717) is 12.0 Å². The number of aliphatic carboxylic acids is 1. The molecular formula is C16H16O2. The number of carbonyl (C=O) groups is 1. The lowest BCUT2D eigenvalue weighted by Crippen LogP contribution is -2.24. The van der Waals surface area contributed by atoms with Crippen LogP contribution < -0.4 is 0 Å². The molecule has 0 atom stereocenters. The summed E-state index contributed by atoms with van der Waals surface area (Å²) in [5.41, 5.74) is 3.93. The number of terminal acetylenes is 1. The van der Waals surface area contributed by atoms with Gasteiger partial charge in [0.15, 0.2) is 0 Å². The summed E-state index contributed by atoms with van der Waals surface area (Å²) in [5, 5.41) is 9.26. The first-order valence-corrected chi connectivity index (χ1v) is 5.92. The van der Waals surface area contributed by atoms with E-state index in [1.165, 1.54) is 0 Å².